The Morgan fingerprint density at radius 2 is 1.88 bits per heavy atom. The van der Waals surface area contributed by atoms with Crippen LogP contribution in [0.5, 0.6) is 0 Å². The average molecular weight is 240 g/mol. The first-order chi connectivity index (χ1) is 8.09. The molecular weight excluding hydrogens is 233 g/mol. The van der Waals surface area contributed by atoms with E-state index in [9.17, 15) is 18.0 Å². The Hall–Kier alpha value is -2.11. The van der Waals surface area contributed by atoms with Crippen molar-refractivity contribution in [1.82, 2.24) is 10.2 Å². The van der Waals surface area contributed by atoms with Crippen molar-refractivity contribution in [2.45, 2.75) is 6.43 Å². The van der Waals surface area contributed by atoms with Crippen molar-refractivity contribution in [2.75, 3.05) is 0 Å². The summed E-state index contributed by atoms with van der Waals surface area (Å²) in [6.07, 6.45) is -2.06. The molecule has 6 heteroatoms. The number of H-pyrrole nitrogens is 1. The number of alkyl halides is 2. The molecule has 1 aromatic heterocycles. The Morgan fingerprint density at radius 1 is 1.24 bits per heavy atom. The molecule has 0 amide bonds. The predicted molar refractivity (Wildman–Crippen MR) is 54.3 cm³/mol. The van der Waals surface area contributed by atoms with Crippen molar-refractivity contribution in [1.29, 1.82) is 0 Å². The van der Waals surface area contributed by atoms with Crippen LogP contribution in [0.1, 0.15) is 10.4 Å². The fraction of sp³-hybridized carbons (Fsp3) is 0.0909. The zero-order valence-electron chi connectivity index (χ0n) is 8.45. The number of carbonyl (C=O) groups is 1. The SMILES string of the molecule is O=C(c1cn[nH]c1-c1ccc(F)cc1)C(F)F. The summed E-state index contributed by atoms with van der Waals surface area (Å²) >= 11 is 0. The summed E-state index contributed by atoms with van der Waals surface area (Å²) in [6, 6.07) is 5.11. The molecule has 88 valence electrons. The predicted octanol–water partition coefficient (Wildman–Crippen LogP) is 2.66. The van der Waals surface area contributed by atoms with E-state index in [4.69, 9.17) is 0 Å². The Morgan fingerprint density at radius 3 is 2.47 bits per heavy atom. The van der Waals surface area contributed by atoms with Crippen LogP contribution in [0.15, 0.2) is 30.5 Å². The molecule has 0 atom stereocenters. The number of halogens is 3. The minimum absolute atomic E-state index is 0.162. The maximum Gasteiger partial charge on any atom is 0.300 e. The number of rotatable bonds is 3. The van der Waals surface area contributed by atoms with Crippen LogP contribution in [0.25, 0.3) is 11.3 Å². The number of aromatic amines is 1. The van der Waals surface area contributed by atoms with Gasteiger partial charge in [0.2, 0.25) is 5.78 Å². The van der Waals surface area contributed by atoms with E-state index in [2.05, 4.69) is 10.2 Å². The van der Waals surface area contributed by atoms with Crippen molar-refractivity contribution < 1.29 is 18.0 Å². The summed E-state index contributed by atoms with van der Waals surface area (Å²) in [4.78, 5) is 11.2. The zero-order chi connectivity index (χ0) is 12.4. The third-order valence-corrected chi connectivity index (χ3v) is 2.24. The third-order valence-electron chi connectivity index (χ3n) is 2.24. The molecule has 2 aromatic rings. The summed E-state index contributed by atoms with van der Waals surface area (Å²) in [5, 5.41) is 6.00. The minimum Gasteiger partial charge on any atom is -0.288 e. The number of hydrogen-bond donors (Lipinski definition) is 1. The lowest BCUT2D eigenvalue weighted by atomic mass is 10.1. The smallest absolute Gasteiger partial charge is 0.288 e. The molecule has 0 saturated heterocycles. The molecule has 2 rings (SSSR count). The molecule has 0 bridgehead atoms. The van der Waals surface area contributed by atoms with Crippen molar-refractivity contribution in [3.63, 3.8) is 0 Å². The standard InChI is InChI=1S/C11H7F3N2O/c12-7-3-1-6(2-4-7)9-8(5-15-16-9)10(17)11(13)14/h1-5,11H,(H,15,16). The number of nitrogens with one attached hydrogen (secondary N) is 1. The van der Waals surface area contributed by atoms with Crippen LogP contribution >= 0.6 is 0 Å². The Bertz CT molecular complexity index is 534. The number of carbonyl (C=O) groups excluding carboxylic acids is 1. The number of benzene rings is 1. The van der Waals surface area contributed by atoms with Crippen LogP contribution < -0.4 is 0 Å². The van der Waals surface area contributed by atoms with E-state index >= 15 is 0 Å². The third kappa shape index (κ3) is 2.20. The molecule has 0 aliphatic heterocycles. The maximum atomic E-state index is 12.7. The molecular formula is C11H7F3N2O. The van der Waals surface area contributed by atoms with E-state index in [-0.39, 0.29) is 11.3 Å². The molecule has 0 aliphatic carbocycles. The molecule has 1 aromatic carbocycles. The van der Waals surface area contributed by atoms with Crippen molar-refractivity contribution in [3.8, 4) is 11.3 Å². The van der Waals surface area contributed by atoms with Gasteiger partial charge in [0, 0.05) is 5.56 Å². The first-order valence-corrected chi connectivity index (χ1v) is 4.71. The van der Waals surface area contributed by atoms with Crippen LogP contribution in [-0.4, -0.2) is 22.4 Å². The number of hydrogen-bond acceptors (Lipinski definition) is 2. The topological polar surface area (TPSA) is 45.8 Å². The molecule has 1 heterocycles. The maximum absolute atomic E-state index is 12.7. The largest absolute Gasteiger partial charge is 0.300 e. The highest BCUT2D eigenvalue weighted by atomic mass is 19.3. The lowest BCUT2D eigenvalue weighted by Gasteiger charge is -2.01. The fourth-order valence-corrected chi connectivity index (χ4v) is 1.43. The van der Waals surface area contributed by atoms with Gasteiger partial charge < -0.3 is 0 Å². The van der Waals surface area contributed by atoms with Gasteiger partial charge in [0.05, 0.1) is 17.5 Å². The van der Waals surface area contributed by atoms with E-state index < -0.39 is 18.0 Å². The second-order valence-corrected chi connectivity index (χ2v) is 3.33. The van der Waals surface area contributed by atoms with Gasteiger partial charge in [0.1, 0.15) is 5.82 Å². The van der Waals surface area contributed by atoms with Crippen molar-refractivity contribution >= 4 is 5.78 Å². The van der Waals surface area contributed by atoms with Gasteiger partial charge in [-0.25, -0.2) is 13.2 Å². The lowest BCUT2D eigenvalue weighted by Crippen LogP contribution is -2.10. The number of Topliss-reactive ketones (excluding diaryl/α,β-unsaturated/α-hetero) is 1. The minimum atomic E-state index is -3.09. The van der Waals surface area contributed by atoms with Crippen LogP contribution in [-0.2, 0) is 0 Å². The molecule has 0 spiro atoms. The Labute approximate surface area is 94.3 Å². The Kier molecular flexibility index (Phi) is 2.95. The first-order valence-electron chi connectivity index (χ1n) is 4.71. The molecule has 0 radical (unpaired) electrons. The number of ketones is 1. The molecule has 0 unspecified atom stereocenters. The van der Waals surface area contributed by atoms with E-state index in [1.54, 1.807) is 0 Å². The van der Waals surface area contributed by atoms with E-state index in [1.165, 1.54) is 24.3 Å². The number of aromatic nitrogens is 2. The zero-order valence-corrected chi connectivity index (χ0v) is 8.45. The highest BCUT2D eigenvalue weighted by Gasteiger charge is 2.23. The van der Waals surface area contributed by atoms with Gasteiger partial charge in [0.15, 0.2) is 0 Å². The van der Waals surface area contributed by atoms with Crippen LogP contribution in [0.3, 0.4) is 0 Å². The summed E-state index contributed by atoms with van der Waals surface area (Å²) in [5.41, 5.74) is 0.384. The quantitative estimate of drug-likeness (QED) is 0.838. The molecule has 3 nitrogen and oxygen atoms in total. The highest BCUT2D eigenvalue weighted by Crippen LogP contribution is 2.23. The summed E-state index contributed by atoms with van der Waals surface area (Å²) < 4.78 is 37.3. The van der Waals surface area contributed by atoms with Gasteiger partial charge in [-0.05, 0) is 24.3 Å². The van der Waals surface area contributed by atoms with Crippen molar-refractivity contribution in [2.24, 2.45) is 0 Å². The second-order valence-electron chi connectivity index (χ2n) is 3.33. The molecule has 0 aliphatic rings. The molecule has 1 N–H and O–H groups in total. The van der Waals surface area contributed by atoms with Crippen LogP contribution in [0, 0.1) is 5.82 Å². The van der Waals surface area contributed by atoms with Gasteiger partial charge in [-0.3, -0.25) is 9.89 Å². The lowest BCUT2D eigenvalue weighted by molar-refractivity contribution is 0.0679. The highest BCUT2D eigenvalue weighted by molar-refractivity contribution is 6.03. The van der Waals surface area contributed by atoms with E-state index in [1.807, 2.05) is 0 Å². The molecule has 17 heavy (non-hydrogen) atoms. The van der Waals surface area contributed by atoms with Gasteiger partial charge in [-0.15, -0.1) is 0 Å². The van der Waals surface area contributed by atoms with Gasteiger partial charge >= 0.3 is 6.43 Å². The Balaban J connectivity index is 2.43. The average Bonchev–Trinajstić information content (AvgIpc) is 2.77. The normalized spacial score (nSPS) is 10.8. The summed E-state index contributed by atoms with van der Waals surface area (Å²) in [7, 11) is 0. The second kappa shape index (κ2) is 4.40. The molecule has 0 saturated carbocycles. The van der Waals surface area contributed by atoms with Crippen molar-refractivity contribution in [3.05, 3.63) is 41.8 Å². The van der Waals surface area contributed by atoms with Gasteiger partial charge in [-0.2, -0.15) is 5.10 Å². The van der Waals surface area contributed by atoms with E-state index in [0.717, 1.165) is 6.20 Å². The van der Waals surface area contributed by atoms with Crippen LogP contribution in [0.2, 0.25) is 0 Å². The van der Waals surface area contributed by atoms with Crippen LogP contribution in [0.4, 0.5) is 13.2 Å². The summed E-state index contributed by atoms with van der Waals surface area (Å²) in [5.74, 6) is -1.76. The van der Waals surface area contributed by atoms with Gasteiger partial charge in [-0.1, -0.05) is 0 Å². The monoisotopic (exact) mass is 240 g/mol. The number of nitrogens with zero attached hydrogens (tertiary/aromatic N) is 1. The molecule has 0 fully saturated rings. The van der Waals surface area contributed by atoms with Gasteiger partial charge in [0.25, 0.3) is 0 Å². The first kappa shape index (κ1) is 11.4. The summed E-state index contributed by atoms with van der Waals surface area (Å²) in [6.45, 7) is 0. The fourth-order valence-electron chi connectivity index (χ4n) is 1.43. The van der Waals surface area contributed by atoms with E-state index in [0.29, 0.717) is 5.56 Å².